The van der Waals surface area contributed by atoms with Crippen LogP contribution in [0.5, 0.6) is 11.5 Å². The molecule has 4 N–H and O–H groups in total. The number of rotatable bonds is 5. The summed E-state index contributed by atoms with van der Waals surface area (Å²) in [6, 6.07) is 5.53. The first kappa shape index (κ1) is 14.8. The van der Waals surface area contributed by atoms with Gasteiger partial charge in [-0.25, -0.2) is 0 Å². The van der Waals surface area contributed by atoms with E-state index in [9.17, 15) is 15.0 Å². The van der Waals surface area contributed by atoms with E-state index in [2.05, 4.69) is 0 Å². The van der Waals surface area contributed by atoms with Crippen molar-refractivity contribution in [2.45, 2.75) is 18.9 Å². The third-order valence-electron chi connectivity index (χ3n) is 2.75. The first-order valence-electron chi connectivity index (χ1n) is 5.84. The number of carbonyl (C=O) groups excluding carboxylic acids is 1. The van der Waals surface area contributed by atoms with Crippen LogP contribution in [0.15, 0.2) is 18.2 Å². The van der Waals surface area contributed by atoms with Gasteiger partial charge < -0.3 is 20.8 Å². The molecule has 0 aromatic heterocycles. The predicted molar refractivity (Wildman–Crippen MR) is 69.3 cm³/mol. The quantitative estimate of drug-likeness (QED) is 0.663. The van der Waals surface area contributed by atoms with Crippen LogP contribution in [0.1, 0.15) is 12.0 Å². The normalized spacial score (nSPS) is 11.6. The average Bonchev–Trinajstić information content (AvgIpc) is 2.39. The highest BCUT2D eigenvalue weighted by Gasteiger charge is 2.18. The Balaban J connectivity index is 2.63. The summed E-state index contributed by atoms with van der Waals surface area (Å²) in [7, 11) is 1.59. The second-order valence-electron chi connectivity index (χ2n) is 4.30. The number of nitrogens with two attached hydrogens (primary N) is 1. The third-order valence-corrected chi connectivity index (χ3v) is 2.75. The average molecular weight is 263 g/mol. The minimum atomic E-state index is -0.743. The molecule has 6 nitrogen and oxygen atoms in total. The van der Waals surface area contributed by atoms with E-state index in [-0.39, 0.29) is 30.2 Å². The van der Waals surface area contributed by atoms with Crippen molar-refractivity contribution >= 4 is 5.91 Å². The van der Waals surface area contributed by atoms with E-state index in [0.717, 1.165) is 0 Å². The molecule has 0 spiro atoms. The van der Waals surface area contributed by atoms with E-state index >= 15 is 0 Å². The Hall–Kier alpha value is -2.26. The van der Waals surface area contributed by atoms with Crippen molar-refractivity contribution in [3.8, 4) is 17.6 Å². The van der Waals surface area contributed by atoms with Crippen LogP contribution >= 0.6 is 0 Å². The fourth-order valence-corrected chi connectivity index (χ4v) is 1.65. The second-order valence-corrected chi connectivity index (χ2v) is 4.30. The number of phenolic OH excluding ortho intramolecular Hbond substituents is 2. The summed E-state index contributed by atoms with van der Waals surface area (Å²) >= 11 is 0. The number of hydrogen-bond donors (Lipinski definition) is 3. The third kappa shape index (κ3) is 4.16. The molecule has 0 unspecified atom stereocenters. The van der Waals surface area contributed by atoms with Crippen molar-refractivity contribution in [2.75, 3.05) is 13.6 Å². The van der Waals surface area contributed by atoms with Crippen molar-refractivity contribution in [1.29, 1.82) is 5.26 Å². The molecule has 1 rings (SSSR count). The minimum Gasteiger partial charge on any atom is -0.504 e. The molecule has 0 saturated heterocycles. The van der Waals surface area contributed by atoms with Crippen LogP contribution in [0, 0.1) is 11.3 Å². The highest BCUT2D eigenvalue weighted by molar-refractivity contribution is 5.81. The number of carbonyl (C=O) groups is 1. The van der Waals surface area contributed by atoms with Crippen LogP contribution in [0.25, 0.3) is 0 Å². The summed E-state index contributed by atoms with van der Waals surface area (Å²) in [5.74, 6) is -0.715. The van der Waals surface area contributed by atoms with Gasteiger partial charge in [-0.1, -0.05) is 6.07 Å². The lowest BCUT2D eigenvalue weighted by Crippen LogP contribution is -2.43. The molecule has 0 saturated carbocycles. The summed E-state index contributed by atoms with van der Waals surface area (Å²) in [5.41, 5.74) is 6.45. The smallest absolute Gasteiger partial charge is 0.239 e. The monoisotopic (exact) mass is 263 g/mol. The molecule has 0 aliphatic heterocycles. The van der Waals surface area contributed by atoms with Crippen LogP contribution in [-0.2, 0) is 11.2 Å². The zero-order valence-electron chi connectivity index (χ0n) is 10.7. The predicted octanol–water partition coefficient (Wildman–Crippen LogP) is 0.340. The lowest BCUT2D eigenvalue weighted by atomic mass is 10.0. The van der Waals surface area contributed by atoms with Crippen LogP contribution in [0.4, 0.5) is 0 Å². The number of likely N-dealkylation sites (N-methyl/N-ethyl adjacent to an activating group) is 1. The molecular weight excluding hydrogens is 246 g/mol. The Bertz CT molecular complexity index is 496. The maximum absolute atomic E-state index is 11.9. The van der Waals surface area contributed by atoms with Gasteiger partial charge >= 0.3 is 0 Å². The molecular formula is C13H17N3O3. The van der Waals surface area contributed by atoms with Crippen molar-refractivity contribution in [3.05, 3.63) is 23.8 Å². The zero-order chi connectivity index (χ0) is 14.4. The highest BCUT2D eigenvalue weighted by atomic mass is 16.3. The minimum absolute atomic E-state index is 0.213. The molecule has 0 heterocycles. The van der Waals surface area contributed by atoms with E-state index in [1.54, 1.807) is 13.1 Å². The van der Waals surface area contributed by atoms with E-state index in [0.29, 0.717) is 12.1 Å². The van der Waals surface area contributed by atoms with Crippen LogP contribution in [0.3, 0.4) is 0 Å². The number of aromatic hydroxyl groups is 2. The molecule has 0 bridgehead atoms. The number of benzene rings is 1. The summed E-state index contributed by atoms with van der Waals surface area (Å²) in [6.45, 7) is 0.337. The molecule has 19 heavy (non-hydrogen) atoms. The Kier molecular flexibility index (Phi) is 5.15. The van der Waals surface area contributed by atoms with E-state index < -0.39 is 6.04 Å². The summed E-state index contributed by atoms with van der Waals surface area (Å²) in [6.07, 6.45) is 0.512. The zero-order valence-corrected chi connectivity index (χ0v) is 10.7. The molecule has 0 fully saturated rings. The molecule has 6 heteroatoms. The van der Waals surface area contributed by atoms with Crippen molar-refractivity contribution in [1.82, 2.24) is 4.90 Å². The van der Waals surface area contributed by atoms with Gasteiger partial charge in [-0.05, 0) is 24.1 Å². The fourth-order valence-electron chi connectivity index (χ4n) is 1.65. The van der Waals surface area contributed by atoms with Gasteiger partial charge in [-0.15, -0.1) is 0 Å². The van der Waals surface area contributed by atoms with E-state index in [1.165, 1.54) is 17.0 Å². The first-order valence-corrected chi connectivity index (χ1v) is 5.84. The van der Waals surface area contributed by atoms with E-state index in [4.69, 9.17) is 11.0 Å². The second kappa shape index (κ2) is 6.61. The Morgan fingerprint density at radius 3 is 2.74 bits per heavy atom. The first-order chi connectivity index (χ1) is 8.95. The SMILES string of the molecule is CN(CCC#N)C(=O)[C@@H](N)Cc1ccc(O)c(O)c1. The van der Waals surface area contributed by atoms with Gasteiger partial charge in [0.05, 0.1) is 18.5 Å². The van der Waals surface area contributed by atoms with Gasteiger partial charge in [0.15, 0.2) is 11.5 Å². The standard InChI is InChI=1S/C13H17N3O3/c1-16(6-2-5-14)13(19)10(15)7-9-3-4-11(17)12(18)8-9/h3-4,8,10,17-18H,2,6-7,15H2,1H3/t10-/m0/s1. The van der Waals surface area contributed by atoms with Crippen molar-refractivity contribution < 1.29 is 15.0 Å². The Morgan fingerprint density at radius 1 is 1.47 bits per heavy atom. The number of hydrogen-bond acceptors (Lipinski definition) is 5. The summed E-state index contributed by atoms with van der Waals surface area (Å²) in [4.78, 5) is 13.3. The van der Waals surface area contributed by atoms with Crippen molar-refractivity contribution in [3.63, 3.8) is 0 Å². The number of nitrogens with zero attached hydrogens (tertiary/aromatic N) is 2. The molecule has 0 aliphatic rings. The Labute approximate surface area is 111 Å². The maximum atomic E-state index is 11.9. The summed E-state index contributed by atoms with van der Waals surface area (Å²) in [5, 5.41) is 27.0. The van der Waals surface area contributed by atoms with Crippen LogP contribution in [0.2, 0.25) is 0 Å². The number of amides is 1. The lowest BCUT2D eigenvalue weighted by molar-refractivity contribution is -0.131. The molecule has 1 aromatic rings. The van der Waals surface area contributed by atoms with Gasteiger partial charge in [0.25, 0.3) is 0 Å². The molecule has 1 aromatic carbocycles. The van der Waals surface area contributed by atoms with E-state index in [1.807, 2.05) is 6.07 Å². The number of nitriles is 1. The maximum Gasteiger partial charge on any atom is 0.239 e. The van der Waals surface area contributed by atoms with Crippen LogP contribution < -0.4 is 5.73 Å². The van der Waals surface area contributed by atoms with Crippen molar-refractivity contribution in [2.24, 2.45) is 5.73 Å². The summed E-state index contributed by atoms with van der Waals surface area (Å²) < 4.78 is 0. The highest BCUT2D eigenvalue weighted by Crippen LogP contribution is 2.25. The van der Waals surface area contributed by atoms with Gasteiger partial charge in [0, 0.05) is 13.6 Å². The molecule has 0 radical (unpaired) electrons. The van der Waals surface area contributed by atoms with Gasteiger partial charge in [0.1, 0.15) is 0 Å². The number of phenols is 2. The topological polar surface area (TPSA) is 111 Å². The van der Waals surface area contributed by atoms with Crippen LogP contribution in [-0.4, -0.2) is 40.7 Å². The molecule has 1 amide bonds. The fraction of sp³-hybridized carbons (Fsp3) is 0.385. The van der Waals surface area contributed by atoms with Gasteiger partial charge in [-0.2, -0.15) is 5.26 Å². The Morgan fingerprint density at radius 2 is 2.16 bits per heavy atom. The van der Waals surface area contributed by atoms with Gasteiger partial charge in [0.2, 0.25) is 5.91 Å². The van der Waals surface area contributed by atoms with Gasteiger partial charge in [-0.3, -0.25) is 4.79 Å². The lowest BCUT2D eigenvalue weighted by Gasteiger charge is -2.20. The molecule has 1 atom stereocenters. The molecule has 102 valence electrons. The molecule has 0 aliphatic carbocycles. The largest absolute Gasteiger partial charge is 0.504 e.